The summed E-state index contributed by atoms with van der Waals surface area (Å²) in [5, 5.41) is 8.25. The van der Waals surface area contributed by atoms with Crippen molar-refractivity contribution in [2.24, 2.45) is 5.14 Å². The number of aromatic nitrogens is 1. The lowest BCUT2D eigenvalue weighted by Gasteiger charge is -2.26. The molecule has 0 saturated heterocycles. The van der Waals surface area contributed by atoms with Crippen LogP contribution in [0.5, 0.6) is 5.75 Å². The van der Waals surface area contributed by atoms with E-state index in [1.807, 2.05) is 30.3 Å². The zero-order valence-electron chi connectivity index (χ0n) is 15.5. The number of ether oxygens (including phenoxy) is 1. The van der Waals surface area contributed by atoms with Crippen molar-refractivity contribution in [2.75, 3.05) is 23.9 Å². The largest absolute Gasteiger partial charge is 0.482 e. The third-order valence-electron chi connectivity index (χ3n) is 4.59. The topological polar surface area (TPSA) is 115 Å². The molecule has 1 aliphatic heterocycles. The van der Waals surface area contributed by atoms with E-state index in [0.717, 1.165) is 11.1 Å². The summed E-state index contributed by atoms with van der Waals surface area (Å²) in [7, 11) is -2.01. The summed E-state index contributed by atoms with van der Waals surface area (Å²) in [6.07, 6.45) is 1.67. The van der Waals surface area contributed by atoms with Crippen LogP contribution in [-0.4, -0.2) is 33.0 Å². The van der Waals surface area contributed by atoms with E-state index in [-0.39, 0.29) is 17.4 Å². The first-order valence-corrected chi connectivity index (χ1v) is 10.3. The molecule has 0 bridgehead atoms. The van der Waals surface area contributed by atoms with E-state index < -0.39 is 10.0 Å². The van der Waals surface area contributed by atoms with E-state index in [2.05, 4.69) is 10.3 Å². The second-order valence-electron chi connectivity index (χ2n) is 6.55. The number of hydrogen-bond donors (Lipinski definition) is 2. The molecule has 3 aromatic rings. The molecule has 0 atom stereocenters. The fourth-order valence-electron chi connectivity index (χ4n) is 3.01. The lowest BCUT2D eigenvalue weighted by molar-refractivity contribution is -0.120. The van der Waals surface area contributed by atoms with Crippen LogP contribution in [0.3, 0.4) is 0 Å². The molecule has 2 aromatic carbocycles. The van der Waals surface area contributed by atoms with Crippen LogP contribution in [0, 0.1) is 0 Å². The predicted octanol–water partition coefficient (Wildman–Crippen LogP) is 2.49. The first-order chi connectivity index (χ1) is 13.8. The maximum Gasteiger partial charge on any atom is 0.264 e. The first kappa shape index (κ1) is 18.9. The van der Waals surface area contributed by atoms with Crippen molar-refractivity contribution >= 4 is 33.1 Å². The average Bonchev–Trinajstić information content (AvgIpc) is 2.71. The Labute approximate surface area is 168 Å². The van der Waals surface area contributed by atoms with Crippen molar-refractivity contribution in [1.82, 2.24) is 4.98 Å². The van der Waals surface area contributed by atoms with Crippen LogP contribution in [0.2, 0.25) is 0 Å². The molecule has 1 aliphatic rings. The lowest BCUT2D eigenvalue weighted by Crippen LogP contribution is -2.35. The zero-order chi connectivity index (χ0) is 20.6. The summed E-state index contributed by atoms with van der Waals surface area (Å²) in [6, 6.07) is 15.5. The van der Waals surface area contributed by atoms with Gasteiger partial charge < -0.3 is 15.0 Å². The summed E-state index contributed by atoms with van der Waals surface area (Å²) in [4.78, 5) is 17.8. The standard InChI is InChI=1S/C20H18N4O4S/c1-24-17-10-13(2-7-18(17)28-12-20(24)25)14-8-9-22-19(11-14)23-15-3-5-16(6-4-15)29(21,26)27/h2-11H,12H2,1H3,(H,22,23)(H2,21,26,27). The number of likely N-dealkylation sites (N-methyl/N-ethyl adjacent to an activating group) is 1. The highest BCUT2D eigenvalue weighted by atomic mass is 32.2. The van der Waals surface area contributed by atoms with Gasteiger partial charge in [0.15, 0.2) is 6.61 Å². The van der Waals surface area contributed by atoms with Crippen molar-refractivity contribution in [1.29, 1.82) is 0 Å². The van der Waals surface area contributed by atoms with Crippen LogP contribution >= 0.6 is 0 Å². The Morgan fingerprint density at radius 2 is 1.79 bits per heavy atom. The molecule has 1 amide bonds. The molecule has 2 heterocycles. The van der Waals surface area contributed by atoms with Gasteiger partial charge in [0.1, 0.15) is 11.6 Å². The molecule has 0 radical (unpaired) electrons. The van der Waals surface area contributed by atoms with Crippen LogP contribution in [-0.2, 0) is 14.8 Å². The second kappa shape index (κ2) is 7.19. The first-order valence-electron chi connectivity index (χ1n) is 8.71. The van der Waals surface area contributed by atoms with Crippen LogP contribution in [0.25, 0.3) is 11.1 Å². The molecule has 9 heteroatoms. The minimum atomic E-state index is -3.73. The third-order valence-corrected chi connectivity index (χ3v) is 5.52. The molecule has 0 unspecified atom stereocenters. The fraction of sp³-hybridized carbons (Fsp3) is 0.100. The highest BCUT2D eigenvalue weighted by Crippen LogP contribution is 2.35. The number of hydrogen-bond acceptors (Lipinski definition) is 6. The molecule has 1 aromatic heterocycles. The number of rotatable bonds is 4. The van der Waals surface area contributed by atoms with Gasteiger partial charge in [0.2, 0.25) is 10.0 Å². The fourth-order valence-corrected chi connectivity index (χ4v) is 3.52. The number of nitrogens with one attached hydrogen (secondary N) is 1. The number of anilines is 3. The minimum Gasteiger partial charge on any atom is -0.482 e. The van der Waals surface area contributed by atoms with Gasteiger partial charge in [-0.3, -0.25) is 4.79 Å². The van der Waals surface area contributed by atoms with Gasteiger partial charge in [-0.2, -0.15) is 0 Å². The molecule has 8 nitrogen and oxygen atoms in total. The number of fused-ring (bicyclic) bond motifs is 1. The number of nitrogens with two attached hydrogens (primary N) is 1. The van der Waals surface area contributed by atoms with Crippen LogP contribution in [0.4, 0.5) is 17.2 Å². The summed E-state index contributed by atoms with van der Waals surface area (Å²) in [5.41, 5.74) is 3.19. The molecule has 0 fully saturated rings. The third kappa shape index (κ3) is 3.91. The molecule has 0 spiro atoms. The Morgan fingerprint density at radius 1 is 1.07 bits per heavy atom. The molecular weight excluding hydrogens is 392 g/mol. The molecule has 3 N–H and O–H groups in total. The van der Waals surface area contributed by atoms with Gasteiger partial charge in [0, 0.05) is 18.9 Å². The van der Waals surface area contributed by atoms with Gasteiger partial charge in [0.05, 0.1) is 10.6 Å². The van der Waals surface area contributed by atoms with E-state index in [9.17, 15) is 13.2 Å². The molecular formula is C20H18N4O4S. The van der Waals surface area contributed by atoms with E-state index in [0.29, 0.717) is 22.9 Å². The van der Waals surface area contributed by atoms with Gasteiger partial charge in [-0.25, -0.2) is 18.5 Å². The maximum absolute atomic E-state index is 11.9. The SMILES string of the molecule is CN1C(=O)COc2ccc(-c3ccnc(Nc4ccc(S(N)(=O)=O)cc4)c3)cc21. The molecule has 0 aliphatic carbocycles. The van der Waals surface area contributed by atoms with Crippen molar-refractivity contribution in [3.05, 3.63) is 60.8 Å². The smallest absolute Gasteiger partial charge is 0.264 e. The Balaban J connectivity index is 1.60. The van der Waals surface area contributed by atoms with Crippen molar-refractivity contribution in [3.8, 4) is 16.9 Å². The number of pyridine rings is 1. The van der Waals surface area contributed by atoms with Gasteiger partial charge in [-0.15, -0.1) is 0 Å². The highest BCUT2D eigenvalue weighted by Gasteiger charge is 2.22. The maximum atomic E-state index is 11.9. The number of carbonyl (C=O) groups excluding carboxylic acids is 1. The van der Waals surface area contributed by atoms with Crippen LogP contribution in [0.1, 0.15) is 0 Å². The Hall–Kier alpha value is -3.43. The molecule has 148 valence electrons. The molecule has 4 rings (SSSR count). The monoisotopic (exact) mass is 410 g/mol. The number of carbonyl (C=O) groups is 1. The number of sulfonamides is 1. The van der Waals surface area contributed by atoms with Crippen molar-refractivity contribution in [3.63, 3.8) is 0 Å². The van der Waals surface area contributed by atoms with E-state index in [4.69, 9.17) is 9.88 Å². The predicted molar refractivity (Wildman–Crippen MR) is 110 cm³/mol. The van der Waals surface area contributed by atoms with E-state index >= 15 is 0 Å². The lowest BCUT2D eigenvalue weighted by atomic mass is 10.0. The van der Waals surface area contributed by atoms with Crippen LogP contribution < -0.4 is 20.1 Å². The summed E-state index contributed by atoms with van der Waals surface area (Å²) < 4.78 is 28.2. The van der Waals surface area contributed by atoms with Gasteiger partial charge >= 0.3 is 0 Å². The number of amides is 1. The van der Waals surface area contributed by atoms with Gasteiger partial charge in [-0.05, 0) is 59.7 Å². The summed E-state index contributed by atoms with van der Waals surface area (Å²) in [6.45, 7) is 0.0381. The highest BCUT2D eigenvalue weighted by molar-refractivity contribution is 7.89. The van der Waals surface area contributed by atoms with E-state index in [1.54, 1.807) is 30.3 Å². The minimum absolute atomic E-state index is 0.0381. The summed E-state index contributed by atoms with van der Waals surface area (Å²) >= 11 is 0. The number of benzene rings is 2. The second-order valence-corrected chi connectivity index (χ2v) is 8.11. The van der Waals surface area contributed by atoms with Gasteiger partial charge in [0.25, 0.3) is 5.91 Å². The van der Waals surface area contributed by atoms with Gasteiger partial charge in [-0.1, -0.05) is 6.07 Å². The number of nitrogens with zero attached hydrogens (tertiary/aromatic N) is 2. The Bertz CT molecular complexity index is 1190. The zero-order valence-corrected chi connectivity index (χ0v) is 16.3. The quantitative estimate of drug-likeness (QED) is 0.683. The van der Waals surface area contributed by atoms with Crippen molar-refractivity contribution in [2.45, 2.75) is 4.90 Å². The normalized spacial score (nSPS) is 13.6. The number of primary sulfonamides is 1. The molecule has 0 saturated carbocycles. The summed E-state index contributed by atoms with van der Waals surface area (Å²) in [5.74, 6) is 1.15. The van der Waals surface area contributed by atoms with Crippen LogP contribution in [0.15, 0.2) is 65.7 Å². The Morgan fingerprint density at radius 3 is 2.52 bits per heavy atom. The molecule has 29 heavy (non-hydrogen) atoms. The van der Waals surface area contributed by atoms with Crippen molar-refractivity contribution < 1.29 is 17.9 Å². The average molecular weight is 410 g/mol. The van der Waals surface area contributed by atoms with E-state index in [1.165, 1.54) is 12.1 Å². The Kier molecular flexibility index (Phi) is 4.69.